The van der Waals surface area contributed by atoms with Crippen LogP contribution in [0.5, 0.6) is 5.75 Å². The van der Waals surface area contributed by atoms with E-state index in [4.69, 9.17) is 0 Å². The van der Waals surface area contributed by atoms with Gasteiger partial charge in [0.05, 0.1) is 34.6 Å². The van der Waals surface area contributed by atoms with Crippen molar-refractivity contribution in [1.29, 1.82) is 0 Å². The molecule has 1 N–H and O–H groups in total. The summed E-state index contributed by atoms with van der Waals surface area (Å²) in [6.07, 6.45) is -3.40. The molecule has 2 aliphatic rings. The van der Waals surface area contributed by atoms with Crippen LogP contribution >= 0.6 is 0 Å². The van der Waals surface area contributed by atoms with E-state index >= 15 is 0 Å². The van der Waals surface area contributed by atoms with Gasteiger partial charge in [-0.15, -0.1) is 0 Å². The summed E-state index contributed by atoms with van der Waals surface area (Å²) in [5, 5.41) is 14.4. The summed E-state index contributed by atoms with van der Waals surface area (Å²) in [6.45, 7) is 1.43. The smallest absolute Gasteiger partial charge is 0.416 e. The maximum Gasteiger partial charge on any atom is 0.416 e. The first-order chi connectivity index (χ1) is 13.1. The Morgan fingerprint density at radius 1 is 1.21 bits per heavy atom. The molecule has 28 heavy (non-hydrogen) atoms. The summed E-state index contributed by atoms with van der Waals surface area (Å²) in [5.74, 6) is -0.569. The highest BCUT2D eigenvalue weighted by Crippen LogP contribution is 2.85. The number of hydrogen-bond donors (Lipinski definition) is 1. The molecule has 0 amide bonds. The van der Waals surface area contributed by atoms with Crippen molar-refractivity contribution in [3.63, 3.8) is 0 Å². The molecule has 146 valence electrons. The van der Waals surface area contributed by atoms with E-state index in [-0.39, 0.29) is 22.5 Å². The summed E-state index contributed by atoms with van der Waals surface area (Å²) < 4.78 is 66.5. The quantitative estimate of drug-likeness (QED) is 0.672. The predicted octanol–water partition coefficient (Wildman–Crippen LogP) is 4.28. The van der Waals surface area contributed by atoms with Gasteiger partial charge in [-0.2, -0.15) is 18.3 Å². The Morgan fingerprint density at radius 2 is 1.93 bits per heavy atom. The average Bonchev–Trinajstić information content (AvgIpc) is 3.37. The van der Waals surface area contributed by atoms with E-state index in [0.29, 0.717) is 24.4 Å². The third-order valence-electron chi connectivity index (χ3n) is 5.88. The van der Waals surface area contributed by atoms with E-state index in [1.165, 1.54) is 17.8 Å². The van der Waals surface area contributed by atoms with Gasteiger partial charge in [-0.3, -0.25) is 4.68 Å². The van der Waals surface area contributed by atoms with Crippen molar-refractivity contribution >= 4 is 11.2 Å². The number of halogens is 5. The van der Waals surface area contributed by atoms with Gasteiger partial charge in [0.25, 0.3) is 0 Å². The number of aromatic hydroxyl groups is 1. The lowest BCUT2D eigenvalue weighted by Crippen LogP contribution is -2.07. The molecule has 0 aliphatic heterocycles. The average molecular weight is 396 g/mol. The van der Waals surface area contributed by atoms with Crippen LogP contribution in [-0.2, 0) is 11.7 Å². The SMILES string of the molecule is Cc1cc(C(F)(F)F)cc(O)c1-c1cnc2cn(C34CC3(C(F)F)C4)nc2n1. The molecule has 2 aromatic heterocycles. The zero-order chi connectivity index (χ0) is 20.1. The van der Waals surface area contributed by atoms with Gasteiger partial charge >= 0.3 is 6.18 Å². The second-order valence-electron chi connectivity index (χ2n) is 7.56. The molecule has 10 heteroatoms. The number of aryl methyl sites for hydroxylation is 1. The summed E-state index contributed by atoms with van der Waals surface area (Å²) in [5.41, 5.74) is -1.59. The molecule has 5 nitrogen and oxygen atoms in total. The lowest BCUT2D eigenvalue weighted by atomic mass is 10.0. The third-order valence-corrected chi connectivity index (χ3v) is 5.88. The number of rotatable bonds is 3. The van der Waals surface area contributed by atoms with E-state index in [0.717, 1.165) is 6.07 Å². The molecule has 2 heterocycles. The van der Waals surface area contributed by atoms with Crippen LogP contribution in [0.4, 0.5) is 22.0 Å². The first-order valence-electron chi connectivity index (χ1n) is 8.50. The Bertz CT molecular complexity index is 1110. The zero-order valence-electron chi connectivity index (χ0n) is 14.4. The van der Waals surface area contributed by atoms with E-state index in [9.17, 15) is 27.1 Å². The monoisotopic (exact) mass is 396 g/mol. The first kappa shape index (κ1) is 17.3. The van der Waals surface area contributed by atoms with Crippen LogP contribution in [0, 0.1) is 12.3 Å². The second kappa shape index (κ2) is 4.98. The van der Waals surface area contributed by atoms with E-state index in [1.807, 2.05) is 0 Å². The number of fused-ring (bicyclic) bond motifs is 2. The van der Waals surface area contributed by atoms with Gasteiger partial charge in [-0.25, -0.2) is 18.7 Å². The van der Waals surface area contributed by atoms with Gasteiger partial charge in [0.15, 0.2) is 5.65 Å². The Kier molecular flexibility index (Phi) is 3.08. The molecule has 5 rings (SSSR count). The Balaban J connectivity index is 1.55. The fourth-order valence-corrected chi connectivity index (χ4v) is 4.06. The van der Waals surface area contributed by atoms with Crippen molar-refractivity contribution < 1.29 is 27.1 Å². The van der Waals surface area contributed by atoms with E-state index < -0.39 is 34.9 Å². The Hall–Kier alpha value is -2.78. The highest BCUT2D eigenvalue weighted by Gasteiger charge is 2.89. The van der Waals surface area contributed by atoms with Gasteiger partial charge in [0.1, 0.15) is 11.3 Å². The number of phenolic OH excluding ortho intramolecular Hbond substituents is 1. The van der Waals surface area contributed by atoms with Crippen molar-refractivity contribution in [3.05, 3.63) is 35.7 Å². The molecule has 0 saturated heterocycles. The van der Waals surface area contributed by atoms with Gasteiger partial charge in [-0.1, -0.05) is 0 Å². The molecule has 0 radical (unpaired) electrons. The number of nitrogens with zero attached hydrogens (tertiary/aromatic N) is 4. The topological polar surface area (TPSA) is 63.8 Å². The van der Waals surface area contributed by atoms with Crippen molar-refractivity contribution in [2.24, 2.45) is 5.41 Å². The Morgan fingerprint density at radius 3 is 2.50 bits per heavy atom. The number of phenols is 1. The van der Waals surface area contributed by atoms with E-state index in [2.05, 4.69) is 15.1 Å². The molecule has 3 aromatic rings. The molecule has 2 saturated carbocycles. The second-order valence-corrected chi connectivity index (χ2v) is 7.56. The van der Waals surface area contributed by atoms with Gasteiger partial charge in [0, 0.05) is 5.56 Å². The highest BCUT2D eigenvalue weighted by molar-refractivity contribution is 5.77. The van der Waals surface area contributed by atoms with Crippen molar-refractivity contribution in [2.45, 2.75) is 37.9 Å². The Labute approximate surface area is 154 Å². The predicted molar refractivity (Wildman–Crippen MR) is 87.8 cm³/mol. The molecule has 0 atom stereocenters. The van der Waals surface area contributed by atoms with Crippen LogP contribution in [-0.4, -0.2) is 31.3 Å². The fraction of sp³-hybridized carbons (Fsp3) is 0.389. The van der Waals surface area contributed by atoms with Crippen molar-refractivity contribution in [3.8, 4) is 17.0 Å². The molecule has 1 aromatic carbocycles. The molecule has 0 spiro atoms. The third kappa shape index (κ3) is 2.14. The number of alkyl halides is 5. The standard InChI is InChI=1S/C18H13F5N4O/c1-8-2-9(18(21,22)23)3-12(28)13(8)10-4-24-11-5-27(26-14(11)25-10)17-6-16(17,7-17)15(19)20/h2-5,15,28H,6-7H2,1H3. The fourth-order valence-electron chi connectivity index (χ4n) is 4.06. The normalized spacial score (nSPS) is 26.0. The van der Waals surface area contributed by atoms with Crippen LogP contribution in [0.2, 0.25) is 0 Å². The number of benzene rings is 1. The minimum atomic E-state index is -4.58. The van der Waals surface area contributed by atoms with E-state index in [1.54, 1.807) is 6.20 Å². The number of aromatic nitrogens is 4. The summed E-state index contributed by atoms with van der Waals surface area (Å²) in [4.78, 5) is 8.48. The lowest BCUT2D eigenvalue weighted by molar-refractivity contribution is -0.137. The molecule has 0 unspecified atom stereocenters. The first-order valence-corrected chi connectivity index (χ1v) is 8.50. The van der Waals surface area contributed by atoms with Crippen molar-refractivity contribution in [1.82, 2.24) is 19.7 Å². The minimum Gasteiger partial charge on any atom is -0.507 e. The molecule has 2 fully saturated rings. The molecular weight excluding hydrogens is 383 g/mol. The van der Waals surface area contributed by atoms with Crippen LogP contribution < -0.4 is 0 Å². The largest absolute Gasteiger partial charge is 0.507 e. The minimum absolute atomic E-state index is 0.120. The van der Waals surface area contributed by atoms with Crippen LogP contribution in [0.3, 0.4) is 0 Å². The van der Waals surface area contributed by atoms with Gasteiger partial charge in [-0.05, 0) is 37.5 Å². The maximum atomic E-state index is 13.1. The molecular formula is C18H13F5N4O. The zero-order valence-corrected chi connectivity index (χ0v) is 14.4. The summed E-state index contributed by atoms with van der Waals surface area (Å²) in [6, 6.07) is 1.56. The highest BCUT2D eigenvalue weighted by atomic mass is 19.4. The summed E-state index contributed by atoms with van der Waals surface area (Å²) in [7, 11) is 0. The number of hydrogen-bond acceptors (Lipinski definition) is 4. The van der Waals surface area contributed by atoms with Gasteiger partial charge < -0.3 is 5.11 Å². The van der Waals surface area contributed by atoms with Crippen LogP contribution in [0.25, 0.3) is 22.4 Å². The maximum absolute atomic E-state index is 13.1. The van der Waals surface area contributed by atoms with Crippen LogP contribution in [0.1, 0.15) is 24.0 Å². The molecule has 2 aliphatic carbocycles. The summed E-state index contributed by atoms with van der Waals surface area (Å²) >= 11 is 0. The lowest BCUT2D eigenvalue weighted by Gasteiger charge is -2.12. The van der Waals surface area contributed by atoms with Crippen LogP contribution in [0.15, 0.2) is 24.5 Å². The van der Waals surface area contributed by atoms with Gasteiger partial charge in [0.2, 0.25) is 6.43 Å². The van der Waals surface area contributed by atoms with Crippen molar-refractivity contribution in [2.75, 3.05) is 0 Å². The molecule has 0 bridgehead atoms.